The van der Waals surface area contributed by atoms with Gasteiger partial charge in [0.1, 0.15) is 5.75 Å². The lowest BCUT2D eigenvalue weighted by molar-refractivity contribution is -0.0493. The number of aromatic nitrogens is 2. The molecular formula is C15H18F2N4OS. The number of nitrogens with zero attached hydrogens (tertiary/aromatic N) is 2. The van der Waals surface area contributed by atoms with Crippen LogP contribution in [0.5, 0.6) is 5.75 Å². The van der Waals surface area contributed by atoms with Crippen LogP contribution in [0.25, 0.3) is 0 Å². The van der Waals surface area contributed by atoms with Crippen molar-refractivity contribution in [3.8, 4) is 5.75 Å². The van der Waals surface area contributed by atoms with Crippen LogP contribution in [0, 0.1) is 6.92 Å². The molecule has 0 aliphatic heterocycles. The molecule has 0 amide bonds. The molecule has 8 heteroatoms. The van der Waals surface area contributed by atoms with Crippen LogP contribution in [-0.4, -0.2) is 21.5 Å². The van der Waals surface area contributed by atoms with Crippen LogP contribution in [0.3, 0.4) is 0 Å². The molecule has 1 unspecified atom stereocenters. The van der Waals surface area contributed by atoms with Crippen LogP contribution in [0.1, 0.15) is 24.2 Å². The van der Waals surface area contributed by atoms with Gasteiger partial charge in [-0.3, -0.25) is 4.68 Å². The molecule has 0 saturated heterocycles. The van der Waals surface area contributed by atoms with Gasteiger partial charge in [-0.2, -0.15) is 13.9 Å². The number of para-hydroxylation sites is 2. The van der Waals surface area contributed by atoms with E-state index in [9.17, 15) is 8.78 Å². The molecule has 1 atom stereocenters. The smallest absolute Gasteiger partial charge is 0.387 e. The molecule has 0 aliphatic rings. The highest BCUT2D eigenvalue weighted by Crippen LogP contribution is 2.25. The molecule has 0 saturated carbocycles. The number of thiocarbonyl (C=S) groups is 1. The monoisotopic (exact) mass is 340 g/mol. The van der Waals surface area contributed by atoms with Crippen molar-refractivity contribution in [1.82, 2.24) is 15.1 Å². The normalized spacial score (nSPS) is 12.1. The largest absolute Gasteiger partial charge is 0.433 e. The number of aryl methyl sites for hydroxylation is 2. The van der Waals surface area contributed by atoms with Crippen LogP contribution in [0.2, 0.25) is 0 Å². The number of rotatable bonds is 5. The zero-order chi connectivity index (χ0) is 17.0. The molecule has 5 nitrogen and oxygen atoms in total. The van der Waals surface area contributed by atoms with Crippen molar-refractivity contribution in [3.05, 3.63) is 41.7 Å². The first-order valence-electron chi connectivity index (χ1n) is 6.98. The third kappa shape index (κ3) is 4.62. The van der Waals surface area contributed by atoms with Crippen molar-refractivity contribution < 1.29 is 13.5 Å². The lowest BCUT2D eigenvalue weighted by atomic mass is 10.1. The van der Waals surface area contributed by atoms with Gasteiger partial charge < -0.3 is 15.4 Å². The number of ether oxygens (including phenoxy) is 1. The maximum atomic E-state index is 12.4. The molecule has 0 fully saturated rings. The van der Waals surface area contributed by atoms with Gasteiger partial charge in [-0.1, -0.05) is 12.1 Å². The fourth-order valence-electron chi connectivity index (χ4n) is 2.24. The molecule has 0 bridgehead atoms. The van der Waals surface area contributed by atoms with Gasteiger partial charge in [0.05, 0.1) is 17.4 Å². The minimum Gasteiger partial charge on any atom is -0.433 e. The zero-order valence-corrected chi connectivity index (χ0v) is 13.8. The van der Waals surface area contributed by atoms with Gasteiger partial charge >= 0.3 is 6.61 Å². The second-order valence-electron chi connectivity index (χ2n) is 5.04. The van der Waals surface area contributed by atoms with Crippen molar-refractivity contribution in [3.63, 3.8) is 0 Å². The summed E-state index contributed by atoms with van der Waals surface area (Å²) in [7, 11) is 1.84. The van der Waals surface area contributed by atoms with Crippen molar-refractivity contribution >= 4 is 23.0 Å². The highest BCUT2D eigenvalue weighted by molar-refractivity contribution is 7.80. The molecule has 1 heterocycles. The van der Waals surface area contributed by atoms with Crippen molar-refractivity contribution in [2.45, 2.75) is 26.5 Å². The predicted molar refractivity (Wildman–Crippen MR) is 88.8 cm³/mol. The molecule has 2 aromatic rings. The average molecular weight is 340 g/mol. The molecular weight excluding hydrogens is 322 g/mol. The first-order chi connectivity index (χ1) is 10.9. The van der Waals surface area contributed by atoms with Gasteiger partial charge in [-0.15, -0.1) is 0 Å². The summed E-state index contributed by atoms with van der Waals surface area (Å²) in [6.45, 7) is 0.964. The van der Waals surface area contributed by atoms with Crippen molar-refractivity contribution in [2.24, 2.45) is 7.05 Å². The first-order valence-corrected chi connectivity index (χ1v) is 7.39. The molecule has 124 valence electrons. The van der Waals surface area contributed by atoms with Crippen molar-refractivity contribution in [2.75, 3.05) is 5.32 Å². The van der Waals surface area contributed by atoms with E-state index in [4.69, 9.17) is 12.2 Å². The average Bonchev–Trinajstić information content (AvgIpc) is 2.79. The maximum absolute atomic E-state index is 12.4. The third-order valence-corrected chi connectivity index (χ3v) is 3.44. The number of benzene rings is 1. The molecule has 23 heavy (non-hydrogen) atoms. The Morgan fingerprint density at radius 2 is 2.04 bits per heavy atom. The number of halogens is 2. The van der Waals surface area contributed by atoms with Gasteiger partial charge in [-0.25, -0.2) is 0 Å². The molecule has 1 aromatic carbocycles. The number of nitrogens with one attached hydrogen (secondary N) is 2. The standard InChI is InChI=1S/C15H18F2N4OS/c1-9(11-8-21(3)20-10(11)2)18-15(23)19-12-6-4-5-7-13(12)22-14(16)17/h4-9,14H,1-3H3,(H2,18,19,23). The van der Waals surface area contributed by atoms with Gasteiger partial charge in [-0.05, 0) is 38.2 Å². The predicted octanol–water partition coefficient (Wildman–Crippen LogP) is 3.38. The highest BCUT2D eigenvalue weighted by Gasteiger charge is 2.14. The SMILES string of the molecule is Cc1nn(C)cc1C(C)NC(=S)Nc1ccccc1OC(F)F. The Balaban J connectivity index is 2.04. The zero-order valence-electron chi connectivity index (χ0n) is 13.0. The summed E-state index contributed by atoms with van der Waals surface area (Å²) in [5.74, 6) is 0.0388. The Labute approximate surface area is 138 Å². The molecule has 2 N–H and O–H groups in total. The van der Waals surface area contributed by atoms with E-state index in [1.54, 1.807) is 22.9 Å². The second-order valence-corrected chi connectivity index (χ2v) is 5.45. The maximum Gasteiger partial charge on any atom is 0.387 e. The van der Waals surface area contributed by atoms with Gasteiger partial charge in [0.15, 0.2) is 5.11 Å². The molecule has 0 radical (unpaired) electrons. The van der Waals surface area contributed by atoms with Crippen LogP contribution >= 0.6 is 12.2 Å². The van der Waals surface area contributed by atoms with Crippen LogP contribution in [0.15, 0.2) is 30.5 Å². The van der Waals surface area contributed by atoms with E-state index >= 15 is 0 Å². The lowest BCUT2D eigenvalue weighted by Gasteiger charge is -2.18. The molecule has 0 spiro atoms. The summed E-state index contributed by atoms with van der Waals surface area (Å²) in [6.07, 6.45) is 1.91. The summed E-state index contributed by atoms with van der Waals surface area (Å²) in [5.41, 5.74) is 2.28. The van der Waals surface area contributed by atoms with Gasteiger partial charge in [0, 0.05) is 18.8 Å². The molecule has 0 aliphatic carbocycles. The van der Waals surface area contributed by atoms with E-state index in [0.29, 0.717) is 10.8 Å². The Bertz CT molecular complexity index is 690. The minimum absolute atomic E-state index is 0.0388. The van der Waals surface area contributed by atoms with E-state index in [2.05, 4.69) is 20.5 Å². The summed E-state index contributed by atoms with van der Waals surface area (Å²) in [6, 6.07) is 6.31. The Hall–Kier alpha value is -2.22. The molecule has 2 rings (SSSR count). The van der Waals surface area contributed by atoms with E-state index in [1.807, 2.05) is 27.1 Å². The Kier molecular flexibility index (Phi) is 5.49. The van der Waals surface area contributed by atoms with Gasteiger partial charge in [0.2, 0.25) is 0 Å². The fourth-order valence-corrected chi connectivity index (χ4v) is 2.53. The summed E-state index contributed by atoms with van der Waals surface area (Å²) >= 11 is 5.24. The topological polar surface area (TPSA) is 51.1 Å². The third-order valence-electron chi connectivity index (χ3n) is 3.22. The lowest BCUT2D eigenvalue weighted by Crippen LogP contribution is -2.31. The number of hydrogen-bond acceptors (Lipinski definition) is 3. The molecule has 1 aromatic heterocycles. The first kappa shape index (κ1) is 17.1. The van der Waals surface area contributed by atoms with Crippen LogP contribution < -0.4 is 15.4 Å². The van der Waals surface area contributed by atoms with Crippen LogP contribution in [-0.2, 0) is 7.05 Å². The van der Waals surface area contributed by atoms with Crippen LogP contribution in [0.4, 0.5) is 14.5 Å². The quantitative estimate of drug-likeness (QED) is 0.817. The van der Waals surface area contributed by atoms with E-state index in [1.165, 1.54) is 6.07 Å². The highest BCUT2D eigenvalue weighted by atomic mass is 32.1. The minimum atomic E-state index is -2.89. The summed E-state index contributed by atoms with van der Waals surface area (Å²) in [4.78, 5) is 0. The Morgan fingerprint density at radius 1 is 1.35 bits per heavy atom. The Morgan fingerprint density at radius 3 is 2.65 bits per heavy atom. The summed E-state index contributed by atoms with van der Waals surface area (Å²) < 4.78 is 31.0. The number of anilines is 1. The van der Waals surface area contributed by atoms with Crippen molar-refractivity contribution in [1.29, 1.82) is 0 Å². The summed E-state index contributed by atoms with van der Waals surface area (Å²) in [5, 5.41) is 10.6. The van der Waals surface area contributed by atoms with E-state index in [-0.39, 0.29) is 11.8 Å². The second kappa shape index (κ2) is 7.36. The number of alkyl halides is 2. The van der Waals surface area contributed by atoms with E-state index < -0.39 is 6.61 Å². The van der Waals surface area contributed by atoms with Gasteiger partial charge in [0.25, 0.3) is 0 Å². The van der Waals surface area contributed by atoms with E-state index in [0.717, 1.165) is 11.3 Å². The number of hydrogen-bond donors (Lipinski definition) is 2. The fraction of sp³-hybridized carbons (Fsp3) is 0.333.